The predicted octanol–water partition coefficient (Wildman–Crippen LogP) is 4.17. The minimum absolute atomic E-state index is 0.0225. The van der Waals surface area contributed by atoms with Crippen LogP contribution < -0.4 is 15.4 Å². The van der Waals surface area contributed by atoms with E-state index in [1.54, 1.807) is 31.3 Å². The van der Waals surface area contributed by atoms with Crippen molar-refractivity contribution in [3.05, 3.63) is 65.2 Å². The highest BCUT2D eigenvalue weighted by atomic mass is 16.5. The Morgan fingerprint density at radius 2 is 1.64 bits per heavy atom. The predicted molar refractivity (Wildman–Crippen MR) is 169 cm³/mol. The molecule has 3 fully saturated rings. The summed E-state index contributed by atoms with van der Waals surface area (Å²) in [5.41, 5.74) is 1.16. The van der Waals surface area contributed by atoms with Gasteiger partial charge in [-0.25, -0.2) is 0 Å². The van der Waals surface area contributed by atoms with Crippen molar-refractivity contribution >= 4 is 17.7 Å². The molecule has 1 aliphatic carbocycles. The van der Waals surface area contributed by atoms with Gasteiger partial charge in [0.05, 0.1) is 5.60 Å². The van der Waals surface area contributed by atoms with E-state index in [0.29, 0.717) is 56.6 Å². The Hall–Kier alpha value is -3.43. The molecule has 3 amide bonds. The Balaban J connectivity index is 1.16. The van der Waals surface area contributed by atoms with Crippen LogP contribution in [0.2, 0.25) is 0 Å². The van der Waals surface area contributed by atoms with Gasteiger partial charge in [0.15, 0.2) is 0 Å². The zero-order valence-electron chi connectivity index (χ0n) is 26.3. The van der Waals surface area contributed by atoms with Crippen LogP contribution in [0.1, 0.15) is 92.6 Å². The van der Waals surface area contributed by atoms with Crippen LogP contribution in [0.15, 0.2) is 48.5 Å². The number of rotatable bonds is 11. The minimum atomic E-state index is -0.864. The highest BCUT2D eigenvalue weighted by Crippen LogP contribution is 2.37. The third-order valence-electron chi connectivity index (χ3n) is 9.77. The van der Waals surface area contributed by atoms with Crippen molar-refractivity contribution in [2.45, 2.75) is 101 Å². The third kappa shape index (κ3) is 7.26. The van der Waals surface area contributed by atoms with E-state index in [2.05, 4.69) is 46.7 Å². The summed E-state index contributed by atoms with van der Waals surface area (Å²) < 4.78 is 5.90. The van der Waals surface area contributed by atoms with Gasteiger partial charge in [0.2, 0.25) is 11.8 Å². The fourth-order valence-electron chi connectivity index (χ4n) is 7.04. The number of nitrogens with one attached hydrogen (secondary N) is 2. The number of ether oxygens (including phenoxy) is 1. The van der Waals surface area contributed by atoms with Crippen molar-refractivity contribution in [3.63, 3.8) is 0 Å². The van der Waals surface area contributed by atoms with E-state index in [0.717, 1.165) is 57.3 Å². The van der Waals surface area contributed by atoms with Gasteiger partial charge in [-0.05, 0) is 67.5 Å². The van der Waals surface area contributed by atoms with Gasteiger partial charge < -0.3 is 25.4 Å². The second kappa shape index (κ2) is 14.1. The number of amides is 3. The first-order valence-electron chi connectivity index (χ1n) is 16.4. The molecule has 0 aromatic heterocycles. The summed E-state index contributed by atoms with van der Waals surface area (Å²) in [4.78, 5) is 43.5. The third-order valence-corrected chi connectivity index (χ3v) is 9.77. The molecule has 9 heteroatoms. The molecule has 3 aliphatic rings. The van der Waals surface area contributed by atoms with Gasteiger partial charge in [-0.15, -0.1) is 0 Å². The van der Waals surface area contributed by atoms with E-state index in [1.807, 2.05) is 4.90 Å². The Kier molecular flexibility index (Phi) is 10.3. The standard InChI is InChI=1S/C35H48N4O5/c1-3-4-20-39-32(41)30(23-34(43)16-6-5-7-17-34)37-33(42)35(39)18-21-38(22-19-35)24-26-8-10-27(11-9-26)25-44-29-14-12-28(13-15-29)31(40)36-2/h8-15,30,43H,3-7,16-25H2,1-2H3,(H,36,40)(H,37,42)/t30-/m1/s1. The number of piperazine rings is 1. The Morgan fingerprint density at radius 3 is 2.27 bits per heavy atom. The Bertz CT molecular complexity index is 1280. The fraction of sp³-hybridized carbons (Fsp3) is 0.571. The Labute approximate surface area is 261 Å². The monoisotopic (exact) mass is 604 g/mol. The summed E-state index contributed by atoms with van der Waals surface area (Å²) in [5, 5.41) is 16.8. The summed E-state index contributed by atoms with van der Waals surface area (Å²) in [5.74, 6) is 0.508. The van der Waals surface area contributed by atoms with E-state index < -0.39 is 17.2 Å². The van der Waals surface area contributed by atoms with Crippen molar-refractivity contribution in [3.8, 4) is 5.75 Å². The molecule has 2 aromatic rings. The van der Waals surface area contributed by atoms with Crippen LogP contribution in [0.5, 0.6) is 5.75 Å². The number of nitrogens with zero attached hydrogens (tertiary/aromatic N) is 2. The van der Waals surface area contributed by atoms with E-state index in [4.69, 9.17) is 4.74 Å². The summed E-state index contributed by atoms with van der Waals surface area (Å²) in [7, 11) is 1.61. The van der Waals surface area contributed by atoms with Gasteiger partial charge >= 0.3 is 0 Å². The van der Waals surface area contributed by atoms with Crippen molar-refractivity contribution in [1.29, 1.82) is 0 Å². The SMILES string of the molecule is CCCCN1C(=O)[C@@H](CC2(O)CCCCC2)NC(=O)C12CCN(Cc1ccc(COc3ccc(C(=O)NC)cc3)cc1)CC2. The van der Waals surface area contributed by atoms with Crippen LogP contribution in [-0.4, -0.2) is 76.5 Å². The first kappa shape index (κ1) is 32.0. The molecule has 238 valence electrons. The lowest BCUT2D eigenvalue weighted by atomic mass is 9.77. The van der Waals surface area contributed by atoms with E-state index >= 15 is 0 Å². The molecule has 3 N–H and O–H groups in total. The number of aliphatic hydroxyl groups is 1. The molecule has 44 heavy (non-hydrogen) atoms. The normalized spacial score (nSPS) is 21.6. The van der Waals surface area contributed by atoms with Crippen LogP contribution in [-0.2, 0) is 22.7 Å². The van der Waals surface area contributed by atoms with Gasteiger partial charge in [-0.3, -0.25) is 19.3 Å². The summed E-state index contributed by atoms with van der Waals surface area (Å²) in [6.45, 7) is 5.36. The van der Waals surface area contributed by atoms with Crippen molar-refractivity contribution < 1.29 is 24.2 Å². The second-order valence-electron chi connectivity index (χ2n) is 12.9. The fourth-order valence-corrected chi connectivity index (χ4v) is 7.04. The van der Waals surface area contributed by atoms with Crippen molar-refractivity contribution in [2.24, 2.45) is 0 Å². The highest BCUT2D eigenvalue weighted by Gasteiger charge is 2.54. The van der Waals surface area contributed by atoms with Crippen LogP contribution in [0.4, 0.5) is 0 Å². The van der Waals surface area contributed by atoms with Gasteiger partial charge in [-0.1, -0.05) is 56.9 Å². The van der Waals surface area contributed by atoms with E-state index in [1.165, 1.54) is 5.56 Å². The molecular formula is C35H48N4O5. The minimum Gasteiger partial charge on any atom is -0.489 e. The van der Waals surface area contributed by atoms with E-state index in [9.17, 15) is 19.5 Å². The van der Waals surface area contributed by atoms with Crippen LogP contribution in [0.25, 0.3) is 0 Å². The average Bonchev–Trinajstić information content (AvgIpc) is 3.04. The van der Waals surface area contributed by atoms with Crippen molar-refractivity contribution in [1.82, 2.24) is 20.4 Å². The second-order valence-corrected chi connectivity index (χ2v) is 12.9. The molecule has 2 saturated heterocycles. The summed E-state index contributed by atoms with van der Waals surface area (Å²) in [6, 6.07) is 14.8. The van der Waals surface area contributed by atoms with Gasteiger partial charge in [-0.2, -0.15) is 0 Å². The Morgan fingerprint density at radius 1 is 0.977 bits per heavy atom. The maximum Gasteiger partial charge on any atom is 0.251 e. The van der Waals surface area contributed by atoms with Crippen LogP contribution in [0, 0.1) is 0 Å². The topological polar surface area (TPSA) is 111 Å². The maximum atomic E-state index is 13.8. The molecule has 0 unspecified atom stereocenters. The number of benzene rings is 2. The first-order chi connectivity index (χ1) is 21.2. The summed E-state index contributed by atoms with van der Waals surface area (Å²) in [6.07, 6.45) is 7.79. The summed E-state index contributed by atoms with van der Waals surface area (Å²) >= 11 is 0. The lowest BCUT2D eigenvalue weighted by Gasteiger charge is -2.52. The number of likely N-dealkylation sites (tertiary alicyclic amines) is 1. The van der Waals surface area contributed by atoms with E-state index in [-0.39, 0.29) is 17.7 Å². The zero-order valence-corrected chi connectivity index (χ0v) is 26.3. The molecule has 0 bridgehead atoms. The zero-order chi connectivity index (χ0) is 31.2. The van der Waals surface area contributed by atoms with Crippen LogP contribution >= 0.6 is 0 Å². The number of piperidine rings is 1. The molecule has 1 saturated carbocycles. The lowest BCUT2D eigenvalue weighted by Crippen LogP contribution is -2.73. The largest absolute Gasteiger partial charge is 0.489 e. The quantitative estimate of drug-likeness (QED) is 0.355. The molecule has 2 aromatic carbocycles. The maximum absolute atomic E-state index is 13.8. The van der Waals surface area contributed by atoms with Gasteiger partial charge in [0.1, 0.15) is 23.9 Å². The number of carbonyl (C=O) groups is 3. The molecule has 2 aliphatic heterocycles. The van der Waals surface area contributed by atoms with Gasteiger partial charge in [0, 0.05) is 45.2 Å². The first-order valence-corrected chi connectivity index (χ1v) is 16.4. The number of unbranched alkanes of at least 4 members (excludes halogenated alkanes) is 1. The molecule has 2 heterocycles. The lowest BCUT2D eigenvalue weighted by molar-refractivity contribution is -0.163. The molecular weight excluding hydrogens is 556 g/mol. The van der Waals surface area contributed by atoms with Crippen molar-refractivity contribution in [2.75, 3.05) is 26.7 Å². The molecule has 9 nitrogen and oxygen atoms in total. The highest BCUT2D eigenvalue weighted by molar-refractivity contribution is 6.00. The van der Waals surface area contributed by atoms with Gasteiger partial charge in [0.25, 0.3) is 5.91 Å². The van der Waals surface area contributed by atoms with Crippen LogP contribution in [0.3, 0.4) is 0 Å². The smallest absolute Gasteiger partial charge is 0.251 e. The molecule has 1 atom stereocenters. The molecule has 0 radical (unpaired) electrons. The number of hydrogen-bond donors (Lipinski definition) is 3. The molecule has 5 rings (SSSR count). The number of hydrogen-bond acceptors (Lipinski definition) is 6. The average molecular weight is 605 g/mol. The molecule has 1 spiro atoms. The number of carbonyl (C=O) groups excluding carboxylic acids is 3.